The Hall–Kier alpha value is -2.41. The van der Waals surface area contributed by atoms with Gasteiger partial charge in [0.25, 0.3) is 4.84 Å². The number of ether oxygens (including phenoxy) is 1. The van der Waals surface area contributed by atoms with Crippen molar-refractivity contribution >= 4 is 24.2 Å². The maximum Gasteiger partial charge on any atom is 0.284 e. The topological polar surface area (TPSA) is 71.4 Å². The molecule has 0 saturated carbocycles. The van der Waals surface area contributed by atoms with Crippen LogP contribution in [0.4, 0.5) is 0 Å². The Bertz CT molecular complexity index is 788. The van der Waals surface area contributed by atoms with Gasteiger partial charge in [-0.05, 0) is 37.2 Å². The highest BCUT2D eigenvalue weighted by atomic mass is 32.1. The van der Waals surface area contributed by atoms with Gasteiger partial charge in [-0.3, -0.25) is 4.79 Å². The molecule has 1 fully saturated rings. The number of carbonyl (C=O) groups is 1. The van der Waals surface area contributed by atoms with Crippen LogP contribution in [0.2, 0.25) is 0 Å². The fourth-order valence-corrected chi connectivity index (χ4v) is 2.96. The summed E-state index contributed by atoms with van der Waals surface area (Å²) in [5, 5.41) is 6.72. The molecule has 0 unspecified atom stereocenters. The fourth-order valence-electron chi connectivity index (χ4n) is 2.83. The Balaban J connectivity index is 1.59. The Morgan fingerprint density at radius 2 is 2.17 bits per heavy atom. The fraction of sp³-hybridized carbons (Fsp3) is 0.353. The lowest BCUT2D eigenvalue weighted by molar-refractivity contribution is -0.127. The lowest BCUT2D eigenvalue weighted by Crippen LogP contribution is -2.36. The van der Waals surface area contributed by atoms with Gasteiger partial charge in [-0.25, -0.2) is 5.10 Å². The van der Waals surface area contributed by atoms with E-state index in [4.69, 9.17) is 21.4 Å². The van der Waals surface area contributed by atoms with Gasteiger partial charge >= 0.3 is 0 Å². The van der Waals surface area contributed by atoms with Crippen LogP contribution in [0.5, 0.6) is 5.75 Å². The maximum absolute atomic E-state index is 12.4. The quantitative estimate of drug-likeness (QED) is 0.681. The van der Waals surface area contributed by atoms with Crippen LogP contribution in [0.1, 0.15) is 30.2 Å². The van der Waals surface area contributed by atoms with Crippen LogP contribution in [0.3, 0.4) is 0 Å². The zero-order valence-corrected chi connectivity index (χ0v) is 14.2. The number of aromatic nitrogens is 2. The summed E-state index contributed by atoms with van der Waals surface area (Å²) in [6.45, 7) is 1.35. The van der Waals surface area contributed by atoms with E-state index < -0.39 is 0 Å². The standard InChI is InChI=1S/C17H19N3O3S/c1-22-14-5-3-2-4-12(14)6-7-15(21)20-10-8-13(9-11-20)16-18-19-17(24)23-16/h2-7,13H,8-11H2,1H3,(H,19,24)/b7-6-. The van der Waals surface area contributed by atoms with E-state index >= 15 is 0 Å². The third kappa shape index (κ3) is 3.73. The molecule has 1 aromatic heterocycles. The molecule has 1 aromatic carbocycles. The number of rotatable bonds is 4. The van der Waals surface area contributed by atoms with Gasteiger partial charge in [-0.15, -0.1) is 5.10 Å². The Morgan fingerprint density at radius 3 is 2.83 bits per heavy atom. The molecule has 1 N–H and O–H groups in total. The largest absolute Gasteiger partial charge is 0.496 e. The number of hydrogen-bond donors (Lipinski definition) is 1. The van der Waals surface area contributed by atoms with Crippen LogP contribution in [0.15, 0.2) is 34.8 Å². The molecule has 1 saturated heterocycles. The van der Waals surface area contributed by atoms with E-state index in [0.29, 0.717) is 23.8 Å². The summed E-state index contributed by atoms with van der Waals surface area (Å²) in [4.78, 5) is 14.5. The molecule has 7 heteroatoms. The minimum Gasteiger partial charge on any atom is -0.496 e. The normalized spacial score (nSPS) is 15.8. The zero-order valence-electron chi connectivity index (χ0n) is 13.4. The van der Waals surface area contributed by atoms with Gasteiger partial charge in [0.2, 0.25) is 11.8 Å². The number of nitrogens with zero attached hydrogens (tertiary/aromatic N) is 2. The molecule has 0 bridgehead atoms. The van der Waals surface area contributed by atoms with Crippen molar-refractivity contribution in [3.05, 3.63) is 46.6 Å². The minimum absolute atomic E-state index is 0.00211. The van der Waals surface area contributed by atoms with Crippen LogP contribution < -0.4 is 4.74 Å². The predicted octanol–water partition coefficient (Wildman–Crippen LogP) is 3.16. The van der Waals surface area contributed by atoms with Gasteiger partial charge in [-0.1, -0.05) is 18.2 Å². The highest BCUT2D eigenvalue weighted by Gasteiger charge is 2.25. The van der Waals surface area contributed by atoms with Crippen molar-refractivity contribution < 1.29 is 13.9 Å². The third-order valence-electron chi connectivity index (χ3n) is 4.15. The summed E-state index contributed by atoms with van der Waals surface area (Å²) < 4.78 is 10.6. The Morgan fingerprint density at radius 1 is 1.42 bits per heavy atom. The molecular formula is C17H19N3O3S. The average molecular weight is 345 g/mol. The Kier molecular flexibility index (Phi) is 5.10. The van der Waals surface area contributed by atoms with Crippen molar-refractivity contribution in [2.75, 3.05) is 20.2 Å². The number of methoxy groups -OCH3 is 1. The number of nitrogens with one attached hydrogen (secondary N) is 1. The van der Waals surface area contributed by atoms with Crippen molar-refractivity contribution in [2.24, 2.45) is 0 Å². The first-order valence-electron chi connectivity index (χ1n) is 7.83. The van der Waals surface area contributed by atoms with E-state index in [-0.39, 0.29) is 11.8 Å². The smallest absolute Gasteiger partial charge is 0.284 e. The van der Waals surface area contributed by atoms with Crippen molar-refractivity contribution in [3.63, 3.8) is 0 Å². The number of piperidine rings is 1. The third-order valence-corrected chi connectivity index (χ3v) is 4.33. The number of carbonyl (C=O) groups excluding carboxylic acids is 1. The molecule has 0 spiro atoms. The van der Waals surface area contributed by atoms with Gasteiger partial charge in [0.05, 0.1) is 7.11 Å². The molecule has 6 nitrogen and oxygen atoms in total. The van der Waals surface area contributed by atoms with E-state index in [9.17, 15) is 4.79 Å². The van der Waals surface area contributed by atoms with E-state index in [1.807, 2.05) is 29.2 Å². The summed E-state index contributed by atoms with van der Waals surface area (Å²) >= 11 is 4.90. The zero-order chi connectivity index (χ0) is 16.9. The first-order valence-corrected chi connectivity index (χ1v) is 8.23. The summed E-state index contributed by atoms with van der Waals surface area (Å²) in [5.41, 5.74) is 0.886. The lowest BCUT2D eigenvalue weighted by Gasteiger charge is -2.29. The minimum atomic E-state index is 0.00211. The van der Waals surface area contributed by atoms with Gasteiger partial charge in [-0.2, -0.15) is 0 Å². The van der Waals surface area contributed by atoms with Crippen LogP contribution in [-0.2, 0) is 4.79 Å². The maximum atomic E-state index is 12.4. The van der Waals surface area contributed by atoms with Crippen molar-refractivity contribution in [1.29, 1.82) is 0 Å². The number of aromatic amines is 1. The highest BCUT2D eigenvalue weighted by molar-refractivity contribution is 7.71. The van der Waals surface area contributed by atoms with Gasteiger partial charge in [0, 0.05) is 30.6 Å². The molecule has 3 rings (SSSR count). The SMILES string of the molecule is COc1ccccc1/C=C\C(=O)N1CCC(c2n[nH]c(=S)o2)CC1. The number of benzene rings is 1. The highest BCUT2D eigenvalue weighted by Crippen LogP contribution is 2.27. The summed E-state index contributed by atoms with van der Waals surface area (Å²) in [6, 6.07) is 7.60. The number of amides is 1. The Labute approximate surface area is 145 Å². The molecule has 126 valence electrons. The second kappa shape index (κ2) is 7.44. The van der Waals surface area contributed by atoms with E-state index in [1.54, 1.807) is 19.3 Å². The molecule has 1 aliphatic rings. The monoisotopic (exact) mass is 345 g/mol. The van der Waals surface area contributed by atoms with Crippen molar-refractivity contribution in [1.82, 2.24) is 15.1 Å². The van der Waals surface area contributed by atoms with Crippen molar-refractivity contribution in [3.8, 4) is 5.75 Å². The molecule has 2 heterocycles. The van der Waals surface area contributed by atoms with E-state index in [2.05, 4.69) is 10.2 Å². The summed E-state index contributed by atoms with van der Waals surface area (Å²) in [7, 11) is 1.62. The van der Waals surface area contributed by atoms with Gasteiger partial charge in [0.1, 0.15) is 5.75 Å². The van der Waals surface area contributed by atoms with Crippen LogP contribution in [-0.4, -0.2) is 41.2 Å². The molecular weight excluding hydrogens is 326 g/mol. The first-order chi connectivity index (χ1) is 11.7. The number of H-pyrrole nitrogens is 1. The first kappa shape index (κ1) is 16.4. The molecule has 1 amide bonds. The number of para-hydroxylation sites is 1. The van der Waals surface area contributed by atoms with E-state index in [1.165, 1.54) is 0 Å². The predicted molar refractivity (Wildman–Crippen MR) is 92.3 cm³/mol. The molecule has 24 heavy (non-hydrogen) atoms. The molecule has 1 aliphatic heterocycles. The molecule has 0 radical (unpaired) electrons. The second-order valence-corrected chi connectivity index (χ2v) is 6.00. The number of hydrogen-bond acceptors (Lipinski definition) is 5. The summed E-state index contributed by atoms with van der Waals surface area (Å²) in [5.74, 6) is 1.60. The van der Waals surface area contributed by atoms with Gasteiger partial charge in [0.15, 0.2) is 0 Å². The van der Waals surface area contributed by atoms with Crippen LogP contribution >= 0.6 is 12.2 Å². The average Bonchev–Trinajstić information content (AvgIpc) is 3.06. The lowest BCUT2D eigenvalue weighted by atomic mass is 9.97. The van der Waals surface area contributed by atoms with Gasteiger partial charge < -0.3 is 14.1 Å². The summed E-state index contributed by atoms with van der Waals surface area (Å²) in [6.07, 6.45) is 5.02. The number of likely N-dealkylation sites (tertiary alicyclic amines) is 1. The molecule has 2 aromatic rings. The van der Waals surface area contributed by atoms with Crippen LogP contribution in [0.25, 0.3) is 6.08 Å². The van der Waals surface area contributed by atoms with E-state index in [0.717, 1.165) is 24.2 Å². The van der Waals surface area contributed by atoms with Crippen LogP contribution in [0, 0.1) is 4.84 Å². The molecule has 0 aliphatic carbocycles. The van der Waals surface area contributed by atoms with Crippen molar-refractivity contribution in [2.45, 2.75) is 18.8 Å². The second-order valence-electron chi connectivity index (χ2n) is 5.63. The molecule has 0 atom stereocenters.